The SMILES string of the molecule is CC(=O)Nc1ccc(S(=O)(=O)NC(CCC(N)=O)C(N)=O)cc1. The molecule has 1 atom stereocenters. The lowest BCUT2D eigenvalue weighted by Crippen LogP contribution is -2.44. The van der Waals surface area contributed by atoms with Crippen molar-refractivity contribution in [2.45, 2.75) is 30.7 Å². The van der Waals surface area contributed by atoms with Gasteiger partial charge in [-0.1, -0.05) is 0 Å². The Kier molecular flexibility index (Phi) is 6.22. The Morgan fingerprint density at radius 1 is 1.13 bits per heavy atom. The number of anilines is 1. The molecule has 126 valence electrons. The number of primary amides is 2. The number of hydrogen-bond donors (Lipinski definition) is 4. The standard InChI is InChI=1S/C13H18N4O5S/c1-8(18)16-9-2-4-10(5-3-9)23(21,22)17-11(13(15)20)6-7-12(14)19/h2-5,11,17H,6-7H2,1H3,(H2,14,19)(H2,15,20)(H,16,18). The second kappa shape index (κ2) is 7.70. The first-order chi connectivity index (χ1) is 10.6. The van der Waals surface area contributed by atoms with E-state index < -0.39 is 27.9 Å². The van der Waals surface area contributed by atoms with E-state index in [0.29, 0.717) is 5.69 Å². The van der Waals surface area contributed by atoms with Gasteiger partial charge in [0, 0.05) is 19.0 Å². The molecule has 1 aromatic carbocycles. The Morgan fingerprint density at radius 3 is 2.13 bits per heavy atom. The van der Waals surface area contributed by atoms with Crippen LogP contribution in [0.4, 0.5) is 5.69 Å². The molecule has 9 nitrogen and oxygen atoms in total. The Hall–Kier alpha value is -2.46. The van der Waals surface area contributed by atoms with Crippen molar-refractivity contribution in [1.29, 1.82) is 0 Å². The van der Waals surface area contributed by atoms with Gasteiger partial charge in [-0.2, -0.15) is 4.72 Å². The van der Waals surface area contributed by atoms with Crippen LogP contribution in [0.15, 0.2) is 29.2 Å². The van der Waals surface area contributed by atoms with Gasteiger partial charge in [0.05, 0.1) is 4.90 Å². The van der Waals surface area contributed by atoms with Gasteiger partial charge >= 0.3 is 0 Å². The lowest BCUT2D eigenvalue weighted by atomic mass is 10.1. The zero-order chi connectivity index (χ0) is 17.6. The molecule has 0 radical (unpaired) electrons. The summed E-state index contributed by atoms with van der Waals surface area (Å²) in [5.74, 6) is -1.88. The minimum Gasteiger partial charge on any atom is -0.370 e. The van der Waals surface area contributed by atoms with Crippen molar-refractivity contribution in [1.82, 2.24) is 4.72 Å². The van der Waals surface area contributed by atoms with Crippen molar-refractivity contribution in [3.05, 3.63) is 24.3 Å². The molecule has 0 spiro atoms. The van der Waals surface area contributed by atoms with Crippen molar-refractivity contribution in [2.24, 2.45) is 11.5 Å². The molecule has 0 aliphatic rings. The second-order valence-electron chi connectivity index (χ2n) is 4.79. The molecule has 0 aliphatic carbocycles. The molecule has 3 amide bonds. The number of carbonyl (C=O) groups is 3. The van der Waals surface area contributed by atoms with Crippen LogP contribution in [0, 0.1) is 0 Å². The molecule has 0 fully saturated rings. The zero-order valence-electron chi connectivity index (χ0n) is 12.4. The van der Waals surface area contributed by atoms with Crippen molar-refractivity contribution in [3.63, 3.8) is 0 Å². The van der Waals surface area contributed by atoms with Crippen LogP contribution in [0.25, 0.3) is 0 Å². The number of nitrogens with two attached hydrogens (primary N) is 2. The van der Waals surface area contributed by atoms with Crippen LogP contribution in [-0.2, 0) is 24.4 Å². The monoisotopic (exact) mass is 342 g/mol. The number of benzene rings is 1. The average Bonchev–Trinajstić information content (AvgIpc) is 2.42. The largest absolute Gasteiger partial charge is 0.370 e. The van der Waals surface area contributed by atoms with Gasteiger partial charge in [-0.25, -0.2) is 8.42 Å². The van der Waals surface area contributed by atoms with Crippen molar-refractivity contribution in [2.75, 3.05) is 5.32 Å². The smallest absolute Gasteiger partial charge is 0.241 e. The first-order valence-electron chi connectivity index (χ1n) is 6.59. The molecule has 0 heterocycles. The van der Waals surface area contributed by atoms with E-state index in [4.69, 9.17) is 11.5 Å². The molecule has 1 aromatic rings. The van der Waals surface area contributed by atoms with Gasteiger partial charge in [-0.05, 0) is 30.7 Å². The Morgan fingerprint density at radius 2 is 1.70 bits per heavy atom. The summed E-state index contributed by atoms with van der Waals surface area (Å²) in [6, 6.07) is 4.08. The van der Waals surface area contributed by atoms with E-state index in [1.54, 1.807) is 0 Å². The molecular weight excluding hydrogens is 324 g/mol. The minimum atomic E-state index is -4.01. The normalized spacial score (nSPS) is 12.4. The molecule has 1 unspecified atom stereocenters. The van der Waals surface area contributed by atoms with E-state index in [1.807, 2.05) is 0 Å². The van der Waals surface area contributed by atoms with E-state index in [0.717, 1.165) is 0 Å². The molecule has 23 heavy (non-hydrogen) atoms. The van der Waals surface area contributed by atoms with E-state index in [9.17, 15) is 22.8 Å². The highest BCUT2D eigenvalue weighted by atomic mass is 32.2. The van der Waals surface area contributed by atoms with Crippen LogP contribution in [0.1, 0.15) is 19.8 Å². The van der Waals surface area contributed by atoms with Crippen LogP contribution < -0.4 is 21.5 Å². The fourth-order valence-electron chi connectivity index (χ4n) is 1.72. The van der Waals surface area contributed by atoms with Crippen molar-refractivity contribution >= 4 is 33.4 Å². The number of carbonyl (C=O) groups excluding carboxylic acids is 3. The molecule has 6 N–H and O–H groups in total. The fourth-order valence-corrected chi connectivity index (χ4v) is 2.96. The predicted octanol–water partition coefficient (Wildman–Crippen LogP) is -0.957. The third kappa shape index (κ3) is 6.04. The van der Waals surface area contributed by atoms with Gasteiger partial charge in [0.25, 0.3) is 0 Å². The van der Waals surface area contributed by atoms with Crippen molar-refractivity contribution in [3.8, 4) is 0 Å². The van der Waals surface area contributed by atoms with Crippen LogP contribution in [0.3, 0.4) is 0 Å². The summed E-state index contributed by atoms with van der Waals surface area (Å²) in [6.45, 7) is 1.32. The molecule has 1 rings (SSSR count). The summed E-state index contributed by atoms with van der Waals surface area (Å²) in [6.07, 6.45) is -0.314. The molecule has 0 aliphatic heterocycles. The molecule has 0 saturated heterocycles. The van der Waals surface area contributed by atoms with Gasteiger partial charge < -0.3 is 16.8 Å². The highest BCUT2D eigenvalue weighted by Crippen LogP contribution is 2.15. The Bertz CT molecular complexity index is 700. The Balaban J connectivity index is 2.89. The van der Waals surface area contributed by atoms with Gasteiger partial charge in [0.1, 0.15) is 6.04 Å². The molecule has 0 bridgehead atoms. The summed E-state index contributed by atoms with van der Waals surface area (Å²) in [5.41, 5.74) is 10.5. The minimum absolute atomic E-state index is 0.114. The number of hydrogen-bond acceptors (Lipinski definition) is 5. The van der Waals surface area contributed by atoms with E-state index in [2.05, 4.69) is 10.0 Å². The van der Waals surface area contributed by atoms with Gasteiger partial charge in [-0.3, -0.25) is 14.4 Å². The molecular formula is C13H18N4O5S. The molecule has 10 heteroatoms. The lowest BCUT2D eigenvalue weighted by Gasteiger charge is -2.15. The van der Waals surface area contributed by atoms with Gasteiger partial charge in [0.15, 0.2) is 0 Å². The summed E-state index contributed by atoms with van der Waals surface area (Å²) in [5, 5.41) is 2.50. The fraction of sp³-hybridized carbons (Fsp3) is 0.308. The maximum atomic E-state index is 12.2. The summed E-state index contributed by atoms with van der Waals surface area (Å²) >= 11 is 0. The topological polar surface area (TPSA) is 161 Å². The Labute approximate surface area is 133 Å². The predicted molar refractivity (Wildman–Crippen MR) is 82.5 cm³/mol. The van der Waals surface area contributed by atoms with Crippen LogP contribution in [-0.4, -0.2) is 32.2 Å². The van der Waals surface area contributed by atoms with E-state index in [1.165, 1.54) is 31.2 Å². The average molecular weight is 342 g/mol. The lowest BCUT2D eigenvalue weighted by molar-refractivity contribution is -0.120. The summed E-state index contributed by atoms with van der Waals surface area (Å²) in [4.78, 5) is 32.8. The summed E-state index contributed by atoms with van der Waals surface area (Å²) in [7, 11) is -4.01. The van der Waals surface area contributed by atoms with Crippen LogP contribution >= 0.6 is 0 Å². The first-order valence-corrected chi connectivity index (χ1v) is 8.07. The van der Waals surface area contributed by atoms with Gasteiger partial charge in [-0.15, -0.1) is 0 Å². The third-order valence-electron chi connectivity index (χ3n) is 2.81. The first kappa shape index (κ1) is 18.6. The third-order valence-corrected chi connectivity index (χ3v) is 4.29. The van der Waals surface area contributed by atoms with E-state index in [-0.39, 0.29) is 23.6 Å². The molecule has 0 aromatic heterocycles. The van der Waals surface area contributed by atoms with Gasteiger partial charge in [0.2, 0.25) is 27.7 Å². The second-order valence-corrected chi connectivity index (χ2v) is 6.50. The van der Waals surface area contributed by atoms with Crippen molar-refractivity contribution < 1.29 is 22.8 Å². The maximum absolute atomic E-state index is 12.2. The highest BCUT2D eigenvalue weighted by Gasteiger charge is 2.24. The number of sulfonamides is 1. The zero-order valence-corrected chi connectivity index (χ0v) is 13.2. The molecule has 0 saturated carbocycles. The van der Waals surface area contributed by atoms with Crippen LogP contribution in [0.2, 0.25) is 0 Å². The number of amides is 3. The maximum Gasteiger partial charge on any atom is 0.241 e. The van der Waals surface area contributed by atoms with Crippen LogP contribution in [0.5, 0.6) is 0 Å². The number of nitrogens with one attached hydrogen (secondary N) is 2. The number of rotatable bonds is 8. The van der Waals surface area contributed by atoms with E-state index >= 15 is 0 Å². The highest BCUT2D eigenvalue weighted by molar-refractivity contribution is 7.89. The summed E-state index contributed by atoms with van der Waals surface area (Å²) < 4.78 is 26.5. The quantitative estimate of drug-likeness (QED) is 0.478.